The third kappa shape index (κ3) is 2.66. The van der Waals surface area contributed by atoms with E-state index in [-0.39, 0.29) is 5.91 Å². The van der Waals surface area contributed by atoms with E-state index in [1.165, 1.54) is 12.8 Å². The van der Waals surface area contributed by atoms with Gasteiger partial charge in [0, 0.05) is 25.7 Å². The van der Waals surface area contributed by atoms with Crippen LogP contribution in [0.4, 0.5) is 0 Å². The minimum absolute atomic E-state index is 0.138. The van der Waals surface area contributed by atoms with Crippen LogP contribution in [0.25, 0.3) is 0 Å². The van der Waals surface area contributed by atoms with Crippen LogP contribution in [0.1, 0.15) is 41.9 Å². The summed E-state index contributed by atoms with van der Waals surface area (Å²) in [6.07, 6.45) is 4.70. The van der Waals surface area contributed by atoms with Crippen molar-refractivity contribution in [3.8, 4) is 0 Å². The molecule has 104 valence electrons. The summed E-state index contributed by atoms with van der Waals surface area (Å²) in [6.45, 7) is 3.85. The zero-order valence-electron chi connectivity index (χ0n) is 11.7. The highest BCUT2D eigenvalue weighted by atomic mass is 16.2. The summed E-state index contributed by atoms with van der Waals surface area (Å²) < 4.78 is 1.70. The molecule has 1 atom stereocenters. The van der Waals surface area contributed by atoms with Crippen LogP contribution in [0.15, 0.2) is 6.07 Å². The molecule has 1 aromatic heterocycles. The van der Waals surface area contributed by atoms with E-state index >= 15 is 0 Å². The lowest BCUT2D eigenvalue weighted by molar-refractivity contribution is 0.0717. The summed E-state index contributed by atoms with van der Waals surface area (Å²) in [7, 11) is 1.85. The van der Waals surface area contributed by atoms with Gasteiger partial charge in [0.05, 0.1) is 5.69 Å². The number of hydrogen-bond donors (Lipinski definition) is 1. The lowest BCUT2D eigenvalue weighted by atomic mass is 10.2. The fourth-order valence-corrected chi connectivity index (χ4v) is 2.89. The van der Waals surface area contributed by atoms with Gasteiger partial charge in [-0.05, 0) is 45.2 Å². The monoisotopic (exact) mass is 262 g/mol. The van der Waals surface area contributed by atoms with Gasteiger partial charge < -0.3 is 10.2 Å². The quantitative estimate of drug-likeness (QED) is 0.883. The first kappa shape index (κ1) is 12.7. The number of carbonyl (C=O) groups is 1. The van der Waals surface area contributed by atoms with Gasteiger partial charge in [0.2, 0.25) is 0 Å². The highest BCUT2D eigenvalue weighted by Crippen LogP contribution is 2.29. The van der Waals surface area contributed by atoms with Crippen LogP contribution in [0, 0.1) is 6.92 Å². The van der Waals surface area contributed by atoms with Crippen molar-refractivity contribution in [3.63, 3.8) is 0 Å². The molecule has 2 fully saturated rings. The maximum Gasteiger partial charge on any atom is 0.272 e. The first-order chi connectivity index (χ1) is 9.15. The molecule has 0 radical (unpaired) electrons. The number of nitrogens with zero attached hydrogens (tertiary/aromatic N) is 3. The Morgan fingerprint density at radius 1 is 1.53 bits per heavy atom. The van der Waals surface area contributed by atoms with E-state index in [1.807, 2.05) is 20.0 Å². The number of amides is 1. The Bertz CT molecular complexity index is 472. The maximum absolute atomic E-state index is 12.7. The van der Waals surface area contributed by atoms with E-state index in [4.69, 9.17) is 0 Å². The smallest absolute Gasteiger partial charge is 0.272 e. The Morgan fingerprint density at radius 2 is 2.32 bits per heavy atom. The van der Waals surface area contributed by atoms with E-state index < -0.39 is 0 Å². The number of aromatic nitrogens is 2. The van der Waals surface area contributed by atoms with Gasteiger partial charge in [-0.15, -0.1) is 0 Å². The Balaban J connectivity index is 1.75. The van der Waals surface area contributed by atoms with Crippen molar-refractivity contribution in [2.24, 2.45) is 7.05 Å². The normalized spacial score (nSPS) is 22.7. The minimum Gasteiger partial charge on any atom is -0.333 e. The molecule has 0 aromatic carbocycles. The Hall–Kier alpha value is -1.36. The third-order valence-electron chi connectivity index (χ3n) is 4.05. The summed E-state index contributed by atoms with van der Waals surface area (Å²) in [6, 6.07) is 2.81. The van der Waals surface area contributed by atoms with Crippen molar-refractivity contribution in [3.05, 3.63) is 17.5 Å². The zero-order valence-corrected chi connectivity index (χ0v) is 11.7. The fourth-order valence-electron chi connectivity index (χ4n) is 2.89. The van der Waals surface area contributed by atoms with Gasteiger partial charge in [-0.1, -0.05) is 0 Å². The standard InChI is InChI=1S/C14H22N4O/c1-10-8-13(17(2)16-10)14(19)18(12-5-6-12)9-11-4-3-7-15-11/h8,11-12,15H,3-7,9H2,1-2H3. The first-order valence-electron chi connectivity index (χ1n) is 7.20. The second-order valence-corrected chi connectivity index (χ2v) is 5.78. The van der Waals surface area contributed by atoms with Gasteiger partial charge in [0.1, 0.15) is 5.69 Å². The summed E-state index contributed by atoms with van der Waals surface area (Å²) >= 11 is 0. The van der Waals surface area contributed by atoms with Crippen LogP contribution < -0.4 is 5.32 Å². The molecule has 0 spiro atoms. The van der Waals surface area contributed by atoms with Gasteiger partial charge in [0.25, 0.3) is 5.91 Å². The van der Waals surface area contributed by atoms with Crippen molar-refractivity contribution >= 4 is 5.91 Å². The van der Waals surface area contributed by atoms with Gasteiger partial charge in [0.15, 0.2) is 0 Å². The predicted molar refractivity (Wildman–Crippen MR) is 73.0 cm³/mol. The highest BCUT2D eigenvalue weighted by molar-refractivity contribution is 5.93. The van der Waals surface area contributed by atoms with Crippen molar-refractivity contribution in [2.45, 2.75) is 44.7 Å². The summed E-state index contributed by atoms with van der Waals surface area (Å²) in [5.74, 6) is 0.138. The molecular formula is C14H22N4O. The second kappa shape index (κ2) is 4.96. The number of carbonyl (C=O) groups excluding carboxylic acids is 1. The SMILES string of the molecule is Cc1cc(C(=O)N(CC2CCCN2)C2CC2)n(C)n1. The summed E-state index contributed by atoms with van der Waals surface area (Å²) in [5, 5.41) is 7.76. The van der Waals surface area contributed by atoms with Crippen LogP contribution >= 0.6 is 0 Å². The molecular weight excluding hydrogens is 240 g/mol. The Morgan fingerprint density at radius 3 is 2.84 bits per heavy atom. The Labute approximate surface area is 114 Å². The molecule has 1 aliphatic heterocycles. The molecule has 3 rings (SSSR count). The van der Waals surface area contributed by atoms with E-state index in [2.05, 4.69) is 15.3 Å². The first-order valence-corrected chi connectivity index (χ1v) is 7.20. The Kier molecular flexibility index (Phi) is 3.31. The summed E-state index contributed by atoms with van der Waals surface area (Å²) in [4.78, 5) is 14.7. The molecule has 1 unspecified atom stereocenters. The van der Waals surface area contributed by atoms with Crippen molar-refractivity contribution < 1.29 is 4.79 Å². The number of aryl methyl sites for hydroxylation is 2. The van der Waals surface area contributed by atoms with Gasteiger partial charge in [-0.2, -0.15) is 5.10 Å². The number of nitrogens with one attached hydrogen (secondary N) is 1. The average molecular weight is 262 g/mol. The van der Waals surface area contributed by atoms with Gasteiger partial charge in [-0.25, -0.2) is 0 Å². The van der Waals surface area contributed by atoms with Crippen LogP contribution in [0.3, 0.4) is 0 Å². The van der Waals surface area contributed by atoms with Gasteiger partial charge >= 0.3 is 0 Å². The topological polar surface area (TPSA) is 50.2 Å². The molecule has 2 aliphatic rings. The average Bonchev–Trinajstić information content (AvgIpc) is 2.97. The third-order valence-corrected chi connectivity index (χ3v) is 4.05. The van der Waals surface area contributed by atoms with E-state index in [0.717, 1.165) is 31.6 Å². The van der Waals surface area contributed by atoms with Crippen molar-refractivity contribution in [1.29, 1.82) is 0 Å². The van der Waals surface area contributed by atoms with Crippen LogP contribution in [-0.4, -0.2) is 45.8 Å². The summed E-state index contributed by atoms with van der Waals surface area (Å²) in [5.41, 5.74) is 1.61. The van der Waals surface area contributed by atoms with E-state index in [9.17, 15) is 4.79 Å². The fraction of sp³-hybridized carbons (Fsp3) is 0.714. The van der Waals surface area contributed by atoms with E-state index in [1.54, 1.807) is 4.68 Å². The van der Waals surface area contributed by atoms with Crippen LogP contribution in [0.2, 0.25) is 0 Å². The molecule has 0 bridgehead atoms. The van der Waals surface area contributed by atoms with Gasteiger partial charge in [-0.3, -0.25) is 9.48 Å². The largest absolute Gasteiger partial charge is 0.333 e. The molecule has 1 saturated carbocycles. The van der Waals surface area contributed by atoms with Crippen molar-refractivity contribution in [1.82, 2.24) is 20.0 Å². The van der Waals surface area contributed by atoms with Crippen molar-refractivity contribution in [2.75, 3.05) is 13.1 Å². The lowest BCUT2D eigenvalue weighted by Crippen LogP contribution is -2.43. The van der Waals surface area contributed by atoms with Crippen LogP contribution in [-0.2, 0) is 7.05 Å². The zero-order chi connectivity index (χ0) is 13.4. The molecule has 2 heterocycles. The molecule has 19 heavy (non-hydrogen) atoms. The predicted octanol–water partition coefficient (Wildman–Crippen LogP) is 1.09. The maximum atomic E-state index is 12.7. The van der Waals surface area contributed by atoms with Crippen LogP contribution in [0.5, 0.6) is 0 Å². The molecule has 1 aliphatic carbocycles. The lowest BCUT2D eigenvalue weighted by Gasteiger charge is -2.25. The minimum atomic E-state index is 0.138. The second-order valence-electron chi connectivity index (χ2n) is 5.78. The molecule has 5 heteroatoms. The molecule has 1 amide bonds. The molecule has 5 nitrogen and oxygen atoms in total. The number of hydrogen-bond acceptors (Lipinski definition) is 3. The number of rotatable bonds is 4. The molecule has 1 aromatic rings. The molecule has 1 N–H and O–H groups in total. The molecule has 1 saturated heterocycles. The van der Waals surface area contributed by atoms with E-state index in [0.29, 0.717) is 17.8 Å². The highest BCUT2D eigenvalue weighted by Gasteiger charge is 2.35.